The summed E-state index contributed by atoms with van der Waals surface area (Å²) in [6.45, 7) is 10.5. The highest BCUT2D eigenvalue weighted by Crippen LogP contribution is 2.70. The molecule has 4 aliphatic carbocycles. The van der Waals surface area contributed by atoms with Crippen LogP contribution < -0.4 is 15.5 Å². The van der Waals surface area contributed by atoms with E-state index in [2.05, 4.69) is 38.4 Å². The second-order valence-electron chi connectivity index (χ2n) is 16.6. The standard InChI is InChI=1S/C40H53N3O4S/c1-24-16-19-40(45-23-24)25(2)36-34(47-40)21-33-31-15-10-26-20-28(44)17-18-38(26,3)32(31)22-35(39(33,36)4)42-43-37(48)41-27-11-13-30(14-12-27)46-29-8-6-5-7-9-29/h5-9,11-14,24-26,28,31-34,36,44H,10,15-23H2,1-4H3,(H2,41,43,48)/b42-35+/t24-,25+,26+,28+,31-,32+,33+,34+,36+,38+,39-,40-/m1/s1. The third kappa shape index (κ3) is 5.41. The number of rotatable bonds is 4. The molecule has 12 atom stereocenters. The number of aliphatic hydroxyl groups is 1. The zero-order valence-corrected chi connectivity index (χ0v) is 29.8. The summed E-state index contributed by atoms with van der Waals surface area (Å²) in [7, 11) is 0. The third-order valence-electron chi connectivity index (χ3n) is 14.2. The minimum absolute atomic E-state index is 0.0996. The predicted octanol–water partition coefficient (Wildman–Crippen LogP) is 8.54. The number of para-hydroxylation sites is 1. The van der Waals surface area contributed by atoms with Crippen LogP contribution in [0.2, 0.25) is 0 Å². The molecule has 2 heterocycles. The van der Waals surface area contributed by atoms with Crippen LogP contribution in [0.4, 0.5) is 5.69 Å². The highest BCUT2D eigenvalue weighted by molar-refractivity contribution is 7.80. The van der Waals surface area contributed by atoms with E-state index in [9.17, 15) is 5.11 Å². The van der Waals surface area contributed by atoms with Crippen LogP contribution in [-0.2, 0) is 9.47 Å². The van der Waals surface area contributed by atoms with Crippen molar-refractivity contribution in [3.63, 3.8) is 0 Å². The number of anilines is 1. The Kier molecular flexibility index (Phi) is 8.41. The maximum atomic E-state index is 10.6. The van der Waals surface area contributed by atoms with Crippen molar-refractivity contribution in [2.24, 2.45) is 57.4 Å². The minimum Gasteiger partial charge on any atom is -0.457 e. The van der Waals surface area contributed by atoms with Gasteiger partial charge in [0.2, 0.25) is 0 Å². The van der Waals surface area contributed by atoms with Gasteiger partial charge in [-0.15, -0.1) is 0 Å². The van der Waals surface area contributed by atoms with Crippen LogP contribution in [0.25, 0.3) is 0 Å². The Morgan fingerprint density at radius 3 is 2.46 bits per heavy atom. The Morgan fingerprint density at radius 2 is 1.71 bits per heavy atom. The van der Waals surface area contributed by atoms with E-state index < -0.39 is 5.79 Å². The van der Waals surface area contributed by atoms with Gasteiger partial charge in [0, 0.05) is 35.1 Å². The molecule has 8 rings (SSSR count). The summed E-state index contributed by atoms with van der Waals surface area (Å²) in [5, 5.41) is 19.7. The van der Waals surface area contributed by atoms with Gasteiger partial charge in [-0.2, -0.15) is 5.10 Å². The molecule has 3 N–H and O–H groups in total. The highest BCUT2D eigenvalue weighted by atomic mass is 32.1. The molecule has 2 aromatic rings. The molecule has 6 aliphatic rings. The molecular weight excluding hydrogens is 619 g/mol. The van der Waals surface area contributed by atoms with Crippen molar-refractivity contribution < 1.29 is 19.3 Å². The lowest BCUT2D eigenvalue weighted by Crippen LogP contribution is -2.58. The summed E-state index contributed by atoms with van der Waals surface area (Å²) in [4.78, 5) is 0. The summed E-state index contributed by atoms with van der Waals surface area (Å²) in [6, 6.07) is 17.7. The quantitative estimate of drug-likeness (QED) is 0.222. The molecular formula is C40H53N3O4S. The zero-order valence-electron chi connectivity index (χ0n) is 29.0. The lowest BCUT2D eigenvalue weighted by Gasteiger charge is -2.61. The summed E-state index contributed by atoms with van der Waals surface area (Å²) in [5.41, 5.74) is 5.57. The van der Waals surface area contributed by atoms with Crippen molar-refractivity contribution in [3.05, 3.63) is 54.6 Å². The second kappa shape index (κ2) is 12.4. The normalized spacial score (nSPS) is 43.9. The fourth-order valence-corrected chi connectivity index (χ4v) is 11.8. The van der Waals surface area contributed by atoms with Gasteiger partial charge in [-0.05, 0) is 135 Å². The first kappa shape index (κ1) is 32.7. The lowest BCUT2D eigenvalue weighted by atomic mass is 9.44. The number of ether oxygens (including phenoxy) is 3. The molecule has 4 saturated carbocycles. The van der Waals surface area contributed by atoms with Crippen LogP contribution in [-0.4, -0.2) is 40.5 Å². The van der Waals surface area contributed by atoms with Crippen LogP contribution in [0, 0.1) is 52.3 Å². The summed E-state index contributed by atoms with van der Waals surface area (Å²) in [5.74, 6) is 4.63. The molecule has 8 heteroatoms. The molecule has 7 nitrogen and oxygen atoms in total. The van der Waals surface area contributed by atoms with E-state index in [4.69, 9.17) is 31.5 Å². The van der Waals surface area contributed by atoms with Crippen molar-refractivity contribution in [1.29, 1.82) is 0 Å². The zero-order chi connectivity index (χ0) is 33.3. The molecule has 258 valence electrons. The number of fused-ring (bicyclic) bond motifs is 7. The van der Waals surface area contributed by atoms with Crippen LogP contribution in [0.15, 0.2) is 59.7 Å². The fourth-order valence-electron chi connectivity index (χ4n) is 11.6. The van der Waals surface area contributed by atoms with Gasteiger partial charge >= 0.3 is 0 Å². The molecule has 0 unspecified atom stereocenters. The smallest absolute Gasteiger partial charge is 0.191 e. The Bertz CT molecular complexity index is 1530. The van der Waals surface area contributed by atoms with Gasteiger partial charge in [-0.1, -0.05) is 45.9 Å². The van der Waals surface area contributed by atoms with Crippen molar-refractivity contribution in [2.45, 2.75) is 103 Å². The largest absolute Gasteiger partial charge is 0.457 e. The van der Waals surface area contributed by atoms with E-state index in [1.807, 2.05) is 54.6 Å². The second-order valence-corrected chi connectivity index (χ2v) is 17.0. The Hall–Kier alpha value is -2.52. The molecule has 2 saturated heterocycles. The van der Waals surface area contributed by atoms with Crippen molar-refractivity contribution >= 4 is 28.7 Å². The third-order valence-corrected chi connectivity index (χ3v) is 14.4. The number of hydrogen-bond acceptors (Lipinski definition) is 6. The van der Waals surface area contributed by atoms with Gasteiger partial charge < -0.3 is 24.6 Å². The number of benzene rings is 2. The van der Waals surface area contributed by atoms with Crippen LogP contribution in [0.5, 0.6) is 11.5 Å². The first-order valence-electron chi connectivity index (χ1n) is 18.6. The van der Waals surface area contributed by atoms with Crippen molar-refractivity contribution in [1.82, 2.24) is 5.43 Å². The molecule has 2 aromatic carbocycles. The van der Waals surface area contributed by atoms with E-state index in [-0.39, 0.29) is 23.0 Å². The topological polar surface area (TPSA) is 84.3 Å². The fraction of sp³-hybridized carbons (Fsp3) is 0.650. The first-order valence-corrected chi connectivity index (χ1v) is 19.0. The Balaban J connectivity index is 1.05. The summed E-state index contributed by atoms with van der Waals surface area (Å²) < 4.78 is 19.7. The average molecular weight is 672 g/mol. The molecule has 0 bridgehead atoms. The highest BCUT2D eigenvalue weighted by Gasteiger charge is 2.71. The van der Waals surface area contributed by atoms with Crippen LogP contribution >= 0.6 is 12.2 Å². The molecule has 2 aliphatic heterocycles. The summed E-state index contributed by atoms with van der Waals surface area (Å²) in [6.07, 6.45) is 9.65. The van der Waals surface area contributed by atoms with Gasteiger partial charge in [0.1, 0.15) is 11.5 Å². The Morgan fingerprint density at radius 1 is 0.938 bits per heavy atom. The van der Waals surface area contributed by atoms with Gasteiger partial charge in [0.25, 0.3) is 0 Å². The molecule has 0 aromatic heterocycles. The number of nitrogens with zero attached hydrogens (tertiary/aromatic N) is 1. The minimum atomic E-state index is -0.471. The van der Waals surface area contributed by atoms with E-state index in [1.165, 1.54) is 18.6 Å². The number of nitrogens with one attached hydrogen (secondary N) is 2. The number of hydrazone groups is 1. The van der Waals surface area contributed by atoms with E-state index in [0.29, 0.717) is 46.5 Å². The van der Waals surface area contributed by atoms with Crippen LogP contribution in [0.1, 0.15) is 85.5 Å². The van der Waals surface area contributed by atoms with Crippen molar-refractivity contribution in [2.75, 3.05) is 11.9 Å². The molecule has 0 radical (unpaired) electrons. The molecule has 48 heavy (non-hydrogen) atoms. The van der Waals surface area contributed by atoms with Gasteiger partial charge in [-0.3, -0.25) is 5.43 Å². The average Bonchev–Trinajstić information content (AvgIpc) is 3.53. The number of thiocarbonyl (C=S) groups is 1. The molecule has 6 fully saturated rings. The van der Waals surface area contributed by atoms with E-state index in [0.717, 1.165) is 68.7 Å². The van der Waals surface area contributed by atoms with Crippen LogP contribution in [0.3, 0.4) is 0 Å². The van der Waals surface area contributed by atoms with Gasteiger partial charge in [0.05, 0.1) is 18.8 Å². The maximum absolute atomic E-state index is 10.6. The molecule has 0 amide bonds. The summed E-state index contributed by atoms with van der Waals surface area (Å²) >= 11 is 5.83. The van der Waals surface area contributed by atoms with Gasteiger partial charge in [-0.25, -0.2) is 0 Å². The van der Waals surface area contributed by atoms with E-state index in [1.54, 1.807) is 0 Å². The van der Waals surface area contributed by atoms with Crippen molar-refractivity contribution in [3.8, 4) is 11.5 Å². The van der Waals surface area contributed by atoms with Gasteiger partial charge in [0.15, 0.2) is 10.9 Å². The lowest BCUT2D eigenvalue weighted by molar-refractivity contribution is -0.272. The monoisotopic (exact) mass is 671 g/mol. The van der Waals surface area contributed by atoms with E-state index >= 15 is 0 Å². The first-order chi connectivity index (χ1) is 23.1. The molecule has 1 spiro atoms. The predicted molar refractivity (Wildman–Crippen MR) is 193 cm³/mol. The maximum Gasteiger partial charge on any atom is 0.191 e. The Labute approximate surface area is 291 Å². The SMILES string of the molecule is C[C@@H]1CC[C@@]2(OC1)O[C@H]1C[C@H]3[C@@H]4CC[C@H]5C[C@@H](O)CC[C@]5(C)[C@H]4C/C(=N\NC(=S)Nc4ccc(Oc5ccccc5)cc4)[C@]3(C)[C@H]1[C@@H]2C. The number of aliphatic hydroxyl groups excluding tert-OH is 1. The number of hydrogen-bond donors (Lipinski definition) is 3.